The number of carbonyl (C=O) groups excluding carboxylic acids is 2. The monoisotopic (exact) mass is 255 g/mol. The summed E-state index contributed by atoms with van der Waals surface area (Å²) in [4.78, 5) is 22.4. The second-order valence-electron chi connectivity index (χ2n) is 3.55. The minimum Gasteiger partial charge on any atom is -0.467 e. The maximum absolute atomic E-state index is 11.9. The highest BCUT2D eigenvalue weighted by atomic mass is 19.4. The average Bonchev–Trinajstić information content (AvgIpc) is 2.24. The number of hydrogen-bond acceptors (Lipinski definition) is 3. The first kappa shape index (κ1) is 15.7. The summed E-state index contributed by atoms with van der Waals surface area (Å²) in [7, 11) is 1.16. The number of esters is 1. The Labute approximate surface area is 97.5 Å². The Kier molecular flexibility index (Phi) is 6.60. The van der Waals surface area contributed by atoms with Crippen LogP contribution >= 0.6 is 0 Å². The summed E-state index contributed by atoms with van der Waals surface area (Å²) in [5, 5.41) is 2.23. The molecule has 0 fully saturated rings. The minimum absolute atomic E-state index is 0.338. The molecule has 1 N–H and O–H groups in total. The van der Waals surface area contributed by atoms with E-state index in [2.05, 4.69) is 10.1 Å². The quantitative estimate of drug-likeness (QED) is 0.736. The van der Waals surface area contributed by atoms with Crippen molar-refractivity contribution in [2.24, 2.45) is 0 Å². The lowest BCUT2D eigenvalue weighted by atomic mass is 10.1. The molecule has 7 heteroatoms. The van der Waals surface area contributed by atoms with Crippen LogP contribution in [0.15, 0.2) is 0 Å². The van der Waals surface area contributed by atoms with Crippen LogP contribution in [0.1, 0.15) is 32.6 Å². The molecular weight excluding hydrogens is 239 g/mol. The molecule has 0 unspecified atom stereocenters. The topological polar surface area (TPSA) is 55.4 Å². The van der Waals surface area contributed by atoms with Crippen LogP contribution in [0.5, 0.6) is 0 Å². The Bertz CT molecular complexity index is 266. The van der Waals surface area contributed by atoms with Gasteiger partial charge in [0, 0.05) is 6.42 Å². The number of halogens is 3. The molecule has 0 aliphatic rings. The Morgan fingerprint density at radius 3 is 2.35 bits per heavy atom. The number of nitrogens with one attached hydrogen (secondary N) is 1. The lowest BCUT2D eigenvalue weighted by Crippen LogP contribution is -2.41. The largest absolute Gasteiger partial charge is 0.467 e. The third-order valence-electron chi connectivity index (χ3n) is 2.03. The molecule has 0 saturated heterocycles. The first-order valence-electron chi connectivity index (χ1n) is 5.24. The average molecular weight is 255 g/mol. The van der Waals surface area contributed by atoms with Crippen molar-refractivity contribution in [1.82, 2.24) is 5.32 Å². The van der Waals surface area contributed by atoms with E-state index in [9.17, 15) is 22.8 Å². The predicted octanol–water partition coefficient (Wildman–Crippen LogP) is 1.79. The van der Waals surface area contributed by atoms with Crippen molar-refractivity contribution in [1.29, 1.82) is 0 Å². The number of ether oxygens (including phenoxy) is 1. The van der Waals surface area contributed by atoms with Gasteiger partial charge in [0.15, 0.2) is 0 Å². The van der Waals surface area contributed by atoms with E-state index < -0.39 is 36.9 Å². The molecular formula is C10H16F3NO3. The molecule has 4 nitrogen and oxygen atoms in total. The predicted molar refractivity (Wildman–Crippen MR) is 54.1 cm³/mol. The molecule has 0 heterocycles. The molecule has 0 saturated carbocycles. The highest BCUT2D eigenvalue weighted by molar-refractivity contribution is 5.84. The first-order chi connectivity index (χ1) is 7.80. The molecule has 0 aromatic rings. The van der Waals surface area contributed by atoms with Gasteiger partial charge in [-0.2, -0.15) is 13.2 Å². The lowest BCUT2D eigenvalue weighted by molar-refractivity contribution is -0.148. The van der Waals surface area contributed by atoms with Crippen LogP contribution in [0.4, 0.5) is 13.2 Å². The van der Waals surface area contributed by atoms with E-state index >= 15 is 0 Å². The van der Waals surface area contributed by atoms with Crippen molar-refractivity contribution < 1.29 is 27.5 Å². The van der Waals surface area contributed by atoms with Gasteiger partial charge in [-0.15, -0.1) is 0 Å². The number of rotatable bonds is 6. The molecule has 1 atom stereocenters. The fourth-order valence-corrected chi connectivity index (χ4v) is 1.20. The maximum atomic E-state index is 11.9. The fourth-order valence-electron chi connectivity index (χ4n) is 1.20. The van der Waals surface area contributed by atoms with Gasteiger partial charge in [-0.1, -0.05) is 13.3 Å². The Hall–Kier alpha value is -1.27. The fraction of sp³-hybridized carbons (Fsp3) is 0.800. The van der Waals surface area contributed by atoms with Gasteiger partial charge in [-0.05, 0) is 6.42 Å². The molecule has 17 heavy (non-hydrogen) atoms. The zero-order valence-electron chi connectivity index (χ0n) is 9.76. The standard InChI is InChI=1S/C10H16F3NO3/c1-3-4-7(9(16)17-2)14-8(15)5-6-10(11,12)13/h7H,3-6H2,1-2H3,(H,14,15)/t7-/m1/s1. The first-order valence-corrected chi connectivity index (χ1v) is 5.24. The van der Waals surface area contributed by atoms with Crippen LogP contribution in [0.3, 0.4) is 0 Å². The molecule has 0 bridgehead atoms. The van der Waals surface area contributed by atoms with E-state index in [1.54, 1.807) is 6.92 Å². The van der Waals surface area contributed by atoms with Gasteiger partial charge in [-0.25, -0.2) is 4.79 Å². The highest BCUT2D eigenvalue weighted by Crippen LogP contribution is 2.21. The molecule has 100 valence electrons. The molecule has 0 aromatic carbocycles. The second-order valence-corrected chi connectivity index (χ2v) is 3.55. The van der Waals surface area contributed by atoms with E-state index in [-0.39, 0.29) is 0 Å². The second kappa shape index (κ2) is 7.13. The normalized spacial score (nSPS) is 13.0. The van der Waals surface area contributed by atoms with Crippen molar-refractivity contribution in [2.75, 3.05) is 7.11 Å². The molecule has 0 aliphatic carbocycles. The number of amides is 1. The Balaban J connectivity index is 4.17. The van der Waals surface area contributed by atoms with Crippen LogP contribution < -0.4 is 5.32 Å². The molecule has 0 aromatic heterocycles. The summed E-state index contributed by atoms with van der Waals surface area (Å²) in [5.41, 5.74) is 0. The smallest absolute Gasteiger partial charge is 0.389 e. The zero-order valence-corrected chi connectivity index (χ0v) is 9.76. The van der Waals surface area contributed by atoms with Crippen LogP contribution in [0.25, 0.3) is 0 Å². The van der Waals surface area contributed by atoms with Crippen LogP contribution in [-0.4, -0.2) is 31.2 Å². The Morgan fingerprint density at radius 1 is 1.35 bits per heavy atom. The summed E-state index contributed by atoms with van der Waals surface area (Å²) in [6.07, 6.45) is -5.30. The van der Waals surface area contributed by atoms with E-state index in [1.165, 1.54) is 0 Å². The van der Waals surface area contributed by atoms with E-state index in [0.717, 1.165) is 7.11 Å². The van der Waals surface area contributed by atoms with Gasteiger partial charge in [0.25, 0.3) is 0 Å². The van der Waals surface area contributed by atoms with Crippen molar-refractivity contribution >= 4 is 11.9 Å². The summed E-state index contributed by atoms with van der Waals surface area (Å²) in [6, 6.07) is -0.870. The number of carbonyl (C=O) groups is 2. The van der Waals surface area contributed by atoms with Crippen molar-refractivity contribution in [3.8, 4) is 0 Å². The highest BCUT2D eigenvalue weighted by Gasteiger charge is 2.29. The summed E-state index contributed by atoms with van der Waals surface area (Å²) in [5.74, 6) is -1.45. The lowest BCUT2D eigenvalue weighted by Gasteiger charge is -2.15. The van der Waals surface area contributed by atoms with Crippen LogP contribution in [0, 0.1) is 0 Å². The third-order valence-corrected chi connectivity index (χ3v) is 2.03. The summed E-state index contributed by atoms with van der Waals surface area (Å²) in [6.45, 7) is 1.79. The van der Waals surface area contributed by atoms with E-state index in [1.807, 2.05) is 0 Å². The van der Waals surface area contributed by atoms with Gasteiger partial charge >= 0.3 is 12.1 Å². The molecule has 1 amide bonds. The molecule has 0 spiro atoms. The summed E-state index contributed by atoms with van der Waals surface area (Å²) >= 11 is 0. The molecule has 0 rings (SSSR count). The van der Waals surface area contributed by atoms with Crippen molar-refractivity contribution in [2.45, 2.75) is 44.8 Å². The Morgan fingerprint density at radius 2 is 1.94 bits per heavy atom. The number of alkyl halides is 3. The molecule has 0 radical (unpaired) electrons. The summed E-state index contributed by atoms with van der Waals surface area (Å²) < 4.78 is 40.0. The van der Waals surface area contributed by atoms with Crippen LogP contribution in [0.2, 0.25) is 0 Å². The van der Waals surface area contributed by atoms with Gasteiger partial charge in [0.05, 0.1) is 13.5 Å². The van der Waals surface area contributed by atoms with E-state index in [0.29, 0.717) is 12.8 Å². The molecule has 0 aliphatic heterocycles. The van der Waals surface area contributed by atoms with Gasteiger partial charge < -0.3 is 10.1 Å². The third kappa shape index (κ3) is 7.59. The van der Waals surface area contributed by atoms with Gasteiger partial charge in [0.2, 0.25) is 5.91 Å². The van der Waals surface area contributed by atoms with Gasteiger partial charge in [0.1, 0.15) is 6.04 Å². The number of hydrogen-bond donors (Lipinski definition) is 1. The number of methoxy groups -OCH3 is 1. The van der Waals surface area contributed by atoms with Crippen molar-refractivity contribution in [3.63, 3.8) is 0 Å². The zero-order chi connectivity index (χ0) is 13.5. The van der Waals surface area contributed by atoms with Crippen molar-refractivity contribution in [3.05, 3.63) is 0 Å². The SMILES string of the molecule is CCC[C@@H](NC(=O)CCC(F)(F)F)C(=O)OC. The van der Waals surface area contributed by atoms with Gasteiger partial charge in [-0.3, -0.25) is 4.79 Å². The van der Waals surface area contributed by atoms with Crippen LogP contribution in [-0.2, 0) is 14.3 Å². The maximum Gasteiger partial charge on any atom is 0.389 e. The van der Waals surface area contributed by atoms with E-state index in [4.69, 9.17) is 0 Å². The minimum atomic E-state index is -4.37.